The molecule has 122 valence electrons. The molecule has 2 fully saturated rings. The molecule has 1 aromatic rings. The fourth-order valence-corrected chi connectivity index (χ4v) is 3.28. The molecule has 0 N–H and O–H groups in total. The predicted molar refractivity (Wildman–Crippen MR) is 88.1 cm³/mol. The molecule has 2 heterocycles. The van der Waals surface area contributed by atoms with Gasteiger partial charge < -0.3 is 4.90 Å². The normalized spacial score (nSPS) is 25.9. The van der Waals surface area contributed by atoms with E-state index in [1.165, 1.54) is 4.90 Å². The molecule has 2 aliphatic heterocycles. The van der Waals surface area contributed by atoms with Crippen molar-refractivity contribution in [3.8, 4) is 0 Å². The summed E-state index contributed by atoms with van der Waals surface area (Å²) in [4.78, 5) is 40.0. The van der Waals surface area contributed by atoms with Gasteiger partial charge in [0.25, 0.3) is 0 Å². The van der Waals surface area contributed by atoms with Crippen LogP contribution >= 0.6 is 0 Å². The first-order valence-electron chi connectivity index (χ1n) is 8.24. The van der Waals surface area contributed by atoms with Crippen LogP contribution in [0.3, 0.4) is 0 Å². The second-order valence-corrected chi connectivity index (χ2v) is 6.67. The lowest BCUT2D eigenvalue weighted by atomic mass is 10.0. The third kappa shape index (κ3) is 3.00. The summed E-state index contributed by atoms with van der Waals surface area (Å²) >= 11 is 0. The second-order valence-electron chi connectivity index (χ2n) is 6.67. The molecule has 0 saturated carbocycles. The van der Waals surface area contributed by atoms with Crippen molar-refractivity contribution in [3.63, 3.8) is 0 Å². The van der Waals surface area contributed by atoms with Crippen LogP contribution in [0.5, 0.6) is 0 Å². The van der Waals surface area contributed by atoms with E-state index in [-0.39, 0.29) is 29.6 Å². The Labute approximate surface area is 136 Å². The Balaban J connectivity index is 1.91. The summed E-state index contributed by atoms with van der Waals surface area (Å²) in [5, 5.41) is 0. The van der Waals surface area contributed by atoms with E-state index in [2.05, 4.69) is 0 Å². The van der Waals surface area contributed by atoms with Crippen molar-refractivity contribution in [2.24, 2.45) is 11.8 Å². The van der Waals surface area contributed by atoms with Crippen LogP contribution in [-0.4, -0.2) is 24.3 Å². The minimum absolute atomic E-state index is 0.0287. The zero-order chi connectivity index (χ0) is 16.6. The van der Waals surface area contributed by atoms with Gasteiger partial charge in [0, 0.05) is 31.0 Å². The van der Waals surface area contributed by atoms with Gasteiger partial charge in [-0.1, -0.05) is 19.9 Å². The second kappa shape index (κ2) is 6.14. The van der Waals surface area contributed by atoms with E-state index in [4.69, 9.17) is 0 Å². The number of imide groups is 1. The number of hydrogen-bond donors (Lipinski definition) is 0. The van der Waals surface area contributed by atoms with Crippen molar-refractivity contribution >= 4 is 29.1 Å². The highest BCUT2D eigenvalue weighted by molar-refractivity contribution is 6.15. The van der Waals surface area contributed by atoms with Crippen LogP contribution in [0.4, 0.5) is 11.4 Å². The SMILES string of the molecule is CC1CCC(=O)N(c2cccc(N3CCC(C)C3=O)c2)C(=O)C1. The minimum atomic E-state index is -0.155. The maximum absolute atomic E-state index is 12.4. The van der Waals surface area contributed by atoms with Gasteiger partial charge in [0.15, 0.2) is 0 Å². The molecule has 0 bridgehead atoms. The van der Waals surface area contributed by atoms with E-state index in [9.17, 15) is 14.4 Å². The Morgan fingerprint density at radius 3 is 2.43 bits per heavy atom. The molecule has 5 nitrogen and oxygen atoms in total. The van der Waals surface area contributed by atoms with Crippen LogP contribution < -0.4 is 9.80 Å². The Kier molecular flexibility index (Phi) is 4.20. The summed E-state index contributed by atoms with van der Waals surface area (Å²) in [5.74, 6) is 0.0433. The number of hydrogen-bond acceptors (Lipinski definition) is 3. The van der Waals surface area contributed by atoms with Gasteiger partial charge in [-0.25, -0.2) is 0 Å². The Morgan fingerprint density at radius 2 is 1.74 bits per heavy atom. The van der Waals surface area contributed by atoms with Crippen molar-refractivity contribution in [3.05, 3.63) is 24.3 Å². The summed E-state index contributed by atoms with van der Waals surface area (Å²) in [7, 11) is 0. The van der Waals surface area contributed by atoms with E-state index in [0.29, 0.717) is 25.1 Å². The molecule has 0 radical (unpaired) electrons. The average Bonchev–Trinajstić information content (AvgIpc) is 2.78. The molecule has 0 aliphatic carbocycles. The van der Waals surface area contributed by atoms with E-state index in [1.54, 1.807) is 23.1 Å². The third-order valence-corrected chi connectivity index (χ3v) is 4.75. The first-order valence-corrected chi connectivity index (χ1v) is 8.24. The van der Waals surface area contributed by atoms with Crippen molar-refractivity contribution in [1.29, 1.82) is 0 Å². The van der Waals surface area contributed by atoms with Gasteiger partial charge in [-0.2, -0.15) is 0 Å². The summed E-state index contributed by atoms with van der Waals surface area (Å²) in [6.07, 6.45) is 2.34. The quantitative estimate of drug-likeness (QED) is 0.789. The van der Waals surface area contributed by atoms with Crippen molar-refractivity contribution < 1.29 is 14.4 Å². The fraction of sp³-hybridized carbons (Fsp3) is 0.500. The van der Waals surface area contributed by atoms with Gasteiger partial charge in [-0.15, -0.1) is 0 Å². The molecule has 3 amide bonds. The summed E-state index contributed by atoms with van der Waals surface area (Å²) in [6.45, 7) is 4.60. The van der Waals surface area contributed by atoms with Gasteiger partial charge in [-0.3, -0.25) is 19.3 Å². The summed E-state index contributed by atoms with van der Waals surface area (Å²) in [5.41, 5.74) is 1.33. The van der Waals surface area contributed by atoms with E-state index in [0.717, 1.165) is 18.5 Å². The summed E-state index contributed by atoms with van der Waals surface area (Å²) in [6, 6.07) is 7.20. The lowest BCUT2D eigenvalue weighted by molar-refractivity contribution is -0.125. The Morgan fingerprint density at radius 1 is 1.00 bits per heavy atom. The standard InChI is InChI=1S/C18H22N2O3/c1-12-6-7-16(21)20(17(22)10-12)15-5-3-4-14(11-15)19-9-8-13(2)18(19)23/h3-5,11-13H,6-10H2,1-2H3. The van der Waals surface area contributed by atoms with Crippen LogP contribution in [0.15, 0.2) is 24.3 Å². The highest BCUT2D eigenvalue weighted by Gasteiger charge is 2.31. The Hall–Kier alpha value is -2.17. The van der Waals surface area contributed by atoms with Gasteiger partial charge in [0.2, 0.25) is 17.7 Å². The molecule has 0 spiro atoms. The molecule has 2 atom stereocenters. The van der Waals surface area contributed by atoms with Crippen LogP contribution in [0.2, 0.25) is 0 Å². The number of benzene rings is 1. The smallest absolute Gasteiger partial charge is 0.234 e. The lowest BCUT2D eigenvalue weighted by Gasteiger charge is -2.22. The zero-order valence-corrected chi connectivity index (χ0v) is 13.6. The highest BCUT2D eigenvalue weighted by atomic mass is 16.2. The maximum atomic E-state index is 12.4. The largest absolute Gasteiger partial charge is 0.312 e. The molecule has 5 heteroatoms. The fourth-order valence-electron chi connectivity index (χ4n) is 3.28. The molecular formula is C18H22N2O3. The molecule has 3 rings (SSSR count). The number of nitrogens with zero attached hydrogens (tertiary/aromatic N) is 2. The molecule has 2 aliphatic rings. The highest BCUT2D eigenvalue weighted by Crippen LogP contribution is 2.30. The molecule has 1 aromatic carbocycles. The van der Waals surface area contributed by atoms with Crippen molar-refractivity contribution in [1.82, 2.24) is 0 Å². The topological polar surface area (TPSA) is 57.7 Å². The zero-order valence-electron chi connectivity index (χ0n) is 13.6. The van der Waals surface area contributed by atoms with E-state index < -0.39 is 0 Å². The number of anilines is 2. The predicted octanol–water partition coefficient (Wildman–Crippen LogP) is 2.74. The third-order valence-electron chi connectivity index (χ3n) is 4.75. The number of rotatable bonds is 2. The number of amides is 3. The van der Waals surface area contributed by atoms with E-state index >= 15 is 0 Å². The first kappa shape index (κ1) is 15.7. The van der Waals surface area contributed by atoms with Gasteiger partial charge in [-0.05, 0) is 37.0 Å². The molecule has 2 unspecified atom stereocenters. The van der Waals surface area contributed by atoms with E-state index in [1.807, 2.05) is 19.9 Å². The molecule has 0 aromatic heterocycles. The van der Waals surface area contributed by atoms with Crippen LogP contribution in [0.1, 0.15) is 39.5 Å². The number of carbonyl (C=O) groups is 3. The monoisotopic (exact) mass is 314 g/mol. The first-order chi connectivity index (χ1) is 11.0. The average molecular weight is 314 g/mol. The number of carbonyl (C=O) groups excluding carboxylic acids is 3. The van der Waals surface area contributed by atoms with Crippen LogP contribution in [0, 0.1) is 11.8 Å². The molecular weight excluding hydrogens is 292 g/mol. The minimum Gasteiger partial charge on any atom is -0.312 e. The molecule has 23 heavy (non-hydrogen) atoms. The maximum Gasteiger partial charge on any atom is 0.234 e. The van der Waals surface area contributed by atoms with Crippen molar-refractivity contribution in [2.75, 3.05) is 16.3 Å². The molecule has 2 saturated heterocycles. The van der Waals surface area contributed by atoms with Gasteiger partial charge in [0.1, 0.15) is 0 Å². The Bertz CT molecular complexity index is 655. The van der Waals surface area contributed by atoms with Crippen LogP contribution in [0.25, 0.3) is 0 Å². The van der Waals surface area contributed by atoms with Gasteiger partial charge >= 0.3 is 0 Å². The summed E-state index contributed by atoms with van der Waals surface area (Å²) < 4.78 is 0. The van der Waals surface area contributed by atoms with Crippen LogP contribution in [-0.2, 0) is 14.4 Å². The van der Waals surface area contributed by atoms with Crippen molar-refractivity contribution in [2.45, 2.75) is 39.5 Å². The van der Waals surface area contributed by atoms with Gasteiger partial charge in [0.05, 0.1) is 5.69 Å². The lowest BCUT2D eigenvalue weighted by Crippen LogP contribution is -2.35.